The second kappa shape index (κ2) is 7.97. The molecule has 7 heteroatoms. The predicted molar refractivity (Wildman–Crippen MR) is 76.9 cm³/mol. The van der Waals surface area contributed by atoms with E-state index in [4.69, 9.17) is 9.26 Å². The van der Waals surface area contributed by atoms with Crippen LogP contribution in [0.1, 0.15) is 50.7 Å². The summed E-state index contributed by atoms with van der Waals surface area (Å²) in [4.78, 5) is 18.2. The zero-order chi connectivity index (χ0) is 15.1. The lowest BCUT2D eigenvalue weighted by Gasteiger charge is -2.31. The van der Waals surface area contributed by atoms with Crippen LogP contribution in [0.2, 0.25) is 0 Å². The van der Waals surface area contributed by atoms with Gasteiger partial charge in [-0.25, -0.2) is 4.79 Å². The van der Waals surface area contributed by atoms with Crippen LogP contribution >= 0.6 is 0 Å². The van der Waals surface area contributed by atoms with E-state index in [0.29, 0.717) is 38.0 Å². The molecule has 1 aliphatic rings. The van der Waals surface area contributed by atoms with E-state index in [2.05, 4.69) is 15.5 Å². The van der Waals surface area contributed by atoms with Crippen LogP contribution in [0.5, 0.6) is 0 Å². The van der Waals surface area contributed by atoms with Gasteiger partial charge in [-0.05, 0) is 26.2 Å². The van der Waals surface area contributed by atoms with Crippen molar-refractivity contribution < 1.29 is 14.1 Å². The van der Waals surface area contributed by atoms with Gasteiger partial charge in [0.1, 0.15) is 6.61 Å². The van der Waals surface area contributed by atoms with Gasteiger partial charge >= 0.3 is 6.03 Å². The Kier molecular flexibility index (Phi) is 5.98. The zero-order valence-electron chi connectivity index (χ0n) is 12.8. The van der Waals surface area contributed by atoms with Gasteiger partial charge < -0.3 is 19.5 Å². The first-order valence-electron chi connectivity index (χ1n) is 7.67. The monoisotopic (exact) mass is 296 g/mol. The number of ether oxygens (including phenoxy) is 1. The molecule has 2 rings (SSSR count). The molecule has 2 amide bonds. The summed E-state index contributed by atoms with van der Waals surface area (Å²) < 4.78 is 10.4. The molecule has 0 radical (unpaired) electrons. The van der Waals surface area contributed by atoms with Crippen LogP contribution in [0.15, 0.2) is 4.52 Å². The quantitative estimate of drug-likeness (QED) is 0.867. The molecule has 1 atom stereocenters. The van der Waals surface area contributed by atoms with Gasteiger partial charge in [-0.1, -0.05) is 12.1 Å². The normalized spacial score (nSPS) is 18.8. The number of carbonyl (C=O) groups is 1. The summed E-state index contributed by atoms with van der Waals surface area (Å²) in [6, 6.07) is -0.000385. The lowest BCUT2D eigenvalue weighted by Crippen LogP contribution is -2.45. The van der Waals surface area contributed by atoms with E-state index in [0.717, 1.165) is 25.8 Å². The van der Waals surface area contributed by atoms with Crippen molar-refractivity contribution in [3.63, 3.8) is 0 Å². The SMILES string of the molecule is CCCNC(=O)N1CCCC(c2noc(COCC)n2)C1. The van der Waals surface area contributed by atoms with E-state index < -0.39 is 0 Å². The number of aromatic nitrogens is 2. The molecule has 21 heavy (non-hydrogen) atoms. The molecule has 1 aromatic rings. The number of amides is 2. The Morgan fingerprint density at radius 2 is 2.38 bits per heavy atom. The molecular formula is C14H24N4O3. The van der Waals surface area contributed by atoms with Crippen molar-refractivity contribution in [3.05, 3.63) is 11.7 Å². The van der Waals surface area contributed by atoms with Crippen molar-refractivity contribution in [1.82, 2.24) is 20.4 Å². The predicted octanol–water partition coefficient (Wildman–Crippen LogP) is 1.91. The summed E-state index contributed by atoms with van der Waals surface area (Å²) in [5, 5.41) is 6.93. The molecule has 1 aliphatic heterocycles. The Labute approximate surface area is 125 Å². The highest BCUT2D eigenvalue weighted by atomic mass is 16.5. The third-order valence-corrected chi connectivity index (χ3v) is 3.51. The zero-order valence-corrected chi connectivity index (χ0v) is 12.8. The smallest absolute Gasteiger partial charge is 0.317 e. The fraction of sp³-hybridized carbons (Fsp3) is 0.786. The van der Waals surface area contributed by atoms with E-state index in [1.165, 1.54) is 0 Å². The van der Waals surface area contributed by atoms with Gasteiger partial charge in [0, 0.05) is 32.2 Å². The first-order valence-corrected chi connectivity index (χ1v) is 7.67. The second-order valence-electron chi connectivity index (χ2n) is 5.20. The van der Waals surface area contributed by atoms with Crippen LogP contribution in [0.3, 0.4) is 0 Å². The molecule has 7 nitrogen and oxygen atoms in total. The number of nitrogens with one attached hydrogen (secondary N) is 1. The third kappa shape index (κ3) is 4.42. The largest absolute Gasteiger partial charge is 0.372 e. The number of hydrogen-bond acceptors (Lipinski definition) is 5. The highest BCUT2D eigenvalue weighted by molar-refractivity contribution is 5.74. The summed E-state index contributed by atoms with van der Waals surface area (Å²) in [6.45, 7) is 7.06. The fourth-order valence-electron chi connectivity index (χ4n) is 2.40. The van der Waals surface area contributed by atoms with Crippen LogP contribution in [0, 0.1) is 0 Å². The maximum Gasteiger partial charge on any atom is 0.317 e. The highest BCUT2D eigenvalue weighted by Gasteiger charge is 2.27. The van der Waals surface area contributed by atoms with Crippen molar-refractivity contribution in [2.24, 2.45) is 0 Å². The molecule has 118 valence electrons. The molecule has 1 unspecified atom stereocenters. The molecule has 2 heterocycles. The van der Waals surface area contributed by atoms with Gasteiger partial charge in [-0.15, -0.1) is 0 Å². The Hall–Kier alpha value is -1.63. The minimum absolute atomic E-state index is 0.000385. The van der Waals surface area contributed by atoms with Crippen LogP contribution in [-0.4, -0.2) is 47.3 Å². The molecule has 0 aromatic carbocycles. The summed E-state index contributed by atoms with van der Waals surface area (Å²) in [7, 11) is 0. The van der Waals surface area contributed by atoms with Crippen LogP contribution in [0.4, 0.5) is 4.79 Å². The van der Waals surface area contributed by atoms with Gasteiger partial charge in [-0.2, -0.15) is 4.98 Å². The van der Waals surface area contributed by atoms with Gasteiger partial charge in [-0.3, -0.25) is 0 Å². The van der Waals surface area contributed by atoms with Crippen LogP contribution in [-0.2, 0) is 11.3 Å². The fourth-order valence-corrected chi connectivity index (χ4v) is 2.40. The number of nitrogens with zero attached hydrogens (tertiary/aromatic N) is 3. The number of carbonyl (C=O) groups excluding carboxylic acids is 1. The van der Waals surface area contributed by atoms with Gasteiger partial charge in [0.2, 0.25) is 0 Å². The molecule has 0 saturated carbocycles. The van der Waals surface area contributed by atoms with E-state index in [9.17, 15) is 4.79 Å². The third-order valence-electron chi connectivity index (χ3n) is 3.51. The van der Waals surface area contributed by atoms with Crippen molar-refractivity contribution in [2.45, 2.75) is 45.6 Å². The van der Waals surface area contributed by atoms with Gasteiger partial charge in [0.25, 0.3) is 5.89 Å². The number of urea groups is 1. The van der Waals surface area contributed by atoms with Crippen molar-refractivity contribution in [2.75, 3.05) is 26.2 Å². The Bertz CT molecular complexity index is 449. The average molecular weight is 296 g/mol. The lowest BCUT2D eigenvalue weighted by molar-refractivity contribution is 0.109. The summed E-state index contributed by atoms with van der Waals surface area (Å²) in [6.07, 6.45) is 2.87. The summed E-state index contributed by atoms with van der Waals surface area (Å²) >= 11 is 0. The van der Waals surface area contributed by atoms with E-state index in [1.807, 2.05) is 18.7 Å². The topological polar surface area (TPSA) is 80.5 Å². The molecule has 1 fully saturated rings. The highest BCUT2D eigenvalue weighted by Crippen LogP contribution is 2.24. The maximum absolute atomic E-state index is 12.0. The molecule has 0 bridgehead atoms. The molecule has 1 saturated heterocycles. The van der Waals surface area contributed by atoms with Crippen molar-refractivity contribution >= 4 is 6.03 Å². The van der Waals surface area contributed by atoms with Crippen LogP contribution < -0.4 is 5.32 Å². The Morgan fingerprint density at radius 1 is 1.52 bits per heavy atom. The minimum Gasteiger partial charge on any atom is -0.372 e. The molecular weight excluding hydrogens is 272 g/mol. The van der Waals surface area contributed by atoms with E-state index in [-0.39, 0.29) is 11.9 Å². The number of likely N-dealkylation sites (tertiary alicyclic amines) is 1. The first kappa shape index (κ1) is 15.8. The van der Waals surface area contributed by atoms with E-state index >= 15 is 0 Å². The molecule has 0 aliphatic carbocycles. The molecule has 1 N–H and O–H groups in total. The molecule has 0 spiro atoms. The van der Waals surface area contributed by atoms with Crippen molar-refractivity contribution in [1.29, 1.82) is 0 Å². The van der Waals surface area contributed by atoms with Gasteiger partial charge in [0.05, 0.1) is 0 Å². The van der Waals surface area contributed by atoms with Crippen LogP contribution in [0.25, 0.3) is 0 Å². The summed E-state index contributed by atoms with van der Waals surface area (Å²) in [5.74, 6) is 1.32. The average Bonchev–Trinajstić information content (AvgIpc) is 2.99. The number of rotatable bonds is 6. The maximum atomic E-state index is 12.0. The van der Waals surface area contributed by atoms with Crippen molar-refractivity contribution in [3.8, 4) is 0 Å². The molecule has 1 aromatic heterocycles. The summed E-state index contributed by atoms with van der Waals surface area (Å²) in [5.41, 5.74) is 0. The lowest BCUT2D eigenvalue weighted by atomic mass is 9.98. The second-order valence-corrected chi connectivity index (χ2v) is 5.20. The van der Waals surface area contributed by atoms with Gasteiger partial charge in [0.15, 0.2) is 5.82 Å². The minimum atomic E-state index is -0.000385. The standard InChI is InChI=1S/C14H24N4O3/c1-3-7-15-14(19)18-8-5-6-11(9-18)13-16-12(21-17-13)10-20-4-2/h11H,3-10H2,1-2H3,(H,15,19). The van der Waals surface area contributed by atoms with E-state index in [1.54, 1.807) is 0 Å². The first-order chi connectivity index (χ1) is 10.2. The number of piperidine rings is 1. The number of hydrogen-bond donors (Lipinski definition) is 1. The Morgan fingerprint density at radius 3 is 3.14 bits per heavy atom. The Balaban J connectivity index is 1.91.